The number of hydrogen-bond acceptors (Lipinski definition) is 4. The molecule has 27 heavy (non-hydrogen) atoms. The number of benzene rings is 1. The first-order chi connectivity index (χ1) is 12.5. The predicted molar refractivity (Wildman–Crippen MR) is 102 cm³/mol. The van der Waals surface area contributed by atoms with E-state index in [-0.39, 0.29) is 37.4 Å². The highest BCUT2D eigenvalue weighted by atomic mass is 35.5. The fraction of sp³-hybridized carbons (Fsp3) is 0.0714. The van der Waals surface area contributed by atoms with E-state index in [0.29, 0.717) is 0 Å². The topological polar surface area (TPSA) is 92.1 Å². The van der Waals surface area contributed by atoms with Gasteiger partial charge in [0.15, 0.2) is 16.0 Å². The number of nitrogen functional groups attached to an aromatic ring is 1. The third-order valence-electron chi connectivity index (χ3n) is 3.02. The van der Waals surface area contributed by atoms with Gasteiger partial charge in [-0.1, -0.05) is 40.9 Å². The molecular weight excluding hydrogens is 450 g/mol. The van der Waals surface area contributed by atoms with Crippen molar-refractivity contribution in [1.82, 2.24) is 15.8 Å². The van der Waals surface area contributed by atoms with Crippen molar-refractivity contribution in [2.45, 2.75) is 6.18 Å². The number of nitrogens with two attached hydrogens (primary N) is 1. The van der Waals surface area contributed by atoms with Gasteiger partial charge in [0, 0.05) is 5.69 Å². The Kier molecular flexibility index (Phi) is 6.58. The van der Waals surface area contributed by atoms with Gasteiger partial charge in [-0.2, -0.15) is 13.2 Å². The number of aromatic nitrogens is 1. The summed E-state index contributed by atoms with van der Waals surface area (Å²) in [5, 5.41) is 1.75. The molecule has 0 radical (unpaired) electrons. The van der Waals surface area contributed by atoms with Crippen LogP contribution < -0.4 is 21.9 Å². The Hall–Kier alpha value is -2.01. The van der Waals surface area contributed by atoms with Crippen LogP contribution in [0.3, 0.4) is 0 Å². The van der Waals surface area contributed by atoms with Crippen molar-refractivity contribution < 1.29 is 18.0 Å². The van der Waals surface area contributed by atoms with Gasteiger partial charge in [0.1, 0.15) is 5.02 Å². The highest BCUT2D eigenvalue weighted by Gasteiger charge is 2.30. The summed E-state index contributed by atoms with van der Waals surface area (Å²) in [4.78, 5) is 15.8. The Balaban J connectivity index is 2.03. The first kappa shape index (κ1) is 21.3. The van der Waals surface area contributed by atoms with E-state index in [1.54, 1.807) is 0 Å². The van der Waals surface area contributed by atoms with Crippen molar-refractivity contribution in [1.29, 1.82) is 0 Å². The number of carbonyl (C=O) groups excluding carboxylic acids is 1. The lowest BCUT2D eigenvalue weighted by Gasteiger charge is -2.14. The quantitative estimate of drug-likeness (QED) is 0.305. The minimum absolute atomic E-state index is 0.0616. The van der Waals surface area contributed by atoms with Gasteiger partial charge in [-0.15, -0.1) is 0 Å². The zero-order valence-electron chi connectivity index (χ0n) is 12.9. The molecule has 1 aromatic carbocycles. The van der Waals surface area contributed by atoms with E-state index >= 15 is 0 Å². The molecule has 0 bridgehead atoms. The molecule has 144 valence electrons. The maximum atomic E-state index is 12.7. The number of carbonyl (C=O) groups is 1. The van der Waals surface area contributed by atoms with Gasteiger partial charge in [0.25, 0.3) is 5.91 Å². The number of thiocarbonyl (C=S) groups is 1. The maximum Gasteiger partial charge on any atom is 0.416 e. The fourth-order valence-electron chi connectivity index (χ4n) is 1.79. The summed E-state index contributed by atoms with van der Waals surface area (Å²) < 4.78 is 38.1. The Morgan fingerprint density at radius 3 is 2.44 bits per heavy atom. The van der Waals surface area contributed by atoms with Crippen molar-refractivity contribution in [3.8, 4) is 0 Å². The molecule has 0 atom stereocenters. The van der Waals surface area contributed by atoms with Crippen molar-refractivity contribution >= 4 is 69.4 Å². The third-order valence-corrected chi connectivity index (χ3v) is 4.36. The van der Waals surface area contributed by atoms with Crippen LogP contribution in [-0.4, -0.2) is 16.0 Å². The maximum absolute atomic E-state index is 12.7. The van der Waals surface area contributed by atoms with Crippen LogP contribution in [0, 0.1) is 0 Å². The summed E-state index contributed by atoms with van der Waals surface area (Å²) in [6, 6.07) is 4.33. The number of nitrogens with one attached hydrogen (secondary N) is 3. The van der Waals surface area contributed by atoms with Crippen LogP contribution >= 0.6 is 47.0 Å². The van der Waals surface area contributed by atoms with Crippen LogP contribution in [0.4, 0.5) is 24.5 Å². The molecule has 0 aliphatic rings. The minimum Gasteiger partial charge on any atom is -0.396 e. The zero-order chi connectivity index (χ0) is 20.4. The molecule has 13 heteroatoms. The molecule has 1 amide bonds. The molecule has 0 aliphatic heterocycles. The number of rotatable bonds is 2. The van der Waals surface area contributed by atoms with E-state index in [1.165, 1.54) is 12.1 Å². The van der Waals surface area contributed by atoms with Gasteiger partial charge < -0.3 is 11.1 Å². The number of hydrogen-bond donors (Lipinski definition) is 4. The molecule has 0 aliphatic carbocycles. The first-order valence-corrected chi connectivity index (χ1v) is 8.39. The number of nitrogens with zero attached hydrogens (tertiary/aromatic N) is 1. The number of pyridine rings is 1. The second-order valence-electron chi connectivity index (χ2n) is 4.90. The van der Waals surface area contributed by atoms with Gasteiger partial charge in [-0.25, -0.2) is 4.98 Å². The molecule has 0 spiro atoms. The lowest BCUT2D eigenvalue weighted by molar-refractivity contribution is -0.137. The normalized spacial score (nSPS) is 11.0. The first-order valence-electron chi connectivity index (χ1n) is 6.85. The zero-order valence-corrected chi connectivity index (χ0v) is 16.0. The lowest BCUT2D eigenvalue weighted by atomic mass is 10.2. The highest BCUT2D eigenvalue weighted by Crippen LogP contribution is 2.34. The van der Waals surface area contributed by atoms with E-state index in [9.17, 15) is 18.0 Å². The van der Waals surface area contributed by atoms with Crippen LogP contribution in [0.5, 0.6) is 0 Å². The van der Waals surface area contributed by atoms with Gasteiger partial charge >= 0.3 is 6.18 Å². The summed E-state index contributed by atoms with van der Waals surface area (Å²) in [6.45, 7) is 0. The third kappa shape index (κ3) is 5.25. The molecule has 0 saturated carbocycles. The van der Waals surface area contributed by atoms with E-state index < -0.39 is 17.6 Å². The van der Waals surface area contributed by atoms with Gasteiger partial charge in [-0.05, 0) is 30.4 Å². The van der Waals surface area contributed by atoms with Crippen LogP contribution in [0.25, 0.3) is 0 Å². The van der Waals surface area contributed by atoms with Gasteiger partial charge in [0.05, 0.1) is 16.3 Å². The van der Waals surface area contributed by atoms with E-state index in [2.05, 4.69) is 21.2 Å². The molecule has 1 heterocycles. The van der Waals surface area contributed by atoms with E-state index in [1.807, 2.05) is 0 Å². The summed E-state index contributed by atoms with van der Waals surface area (Å²) >= 11 is 22.3. The van der Waals surface area contributed by atoms with Crippen molar-refractivity contribution in [2.75, 3.05) is 11.1 Å². The van der Waals surface area contributed by atoms with Crippen LogP contribution in [0.15, 0.2) is 24.3 Å². The molecule has 2 rings (SSSR count). The molecule has 5 N–H and O–H groups in total. The molecule has 0 fully saturated rings. The van der Waals surface area contributed by atoms with Crippen molar-refractivity contribution in [2.24, 2.45) is 0 Å². The lowest BCUT2D eigenvalue weighted by Crippen LogP contribution is -2.44. The monoisotopic (exact) mass is 457 g/mol. The number of anilines is 2. The minimum atomic E-state index is -4.50. The number of halogens is 6. The molecule has 0 saturated heterocycles. The van der Waals surface area contributed by atoms with Crippen molar-refractivity contribution in [3.63, 3.8) is 0 Å². The highest BCUT2D eigenvalue weighted by molar-refractivity contribution is 7.80. The van der Waals surface area contributed by atoms with Crippen LogP contribution in [0.2, 0.25) is 15.2 Å². The van der Waals surface area contributed by atoms with Crippen LogP contribution in [0.1, 0.15) is 16.1 Å². The predicted octanol–water partition coefficient (Wildman–Crippen LogP) is 4.27. The molecule has 6 nitrogen and oxygen atoms in total. The summed E-state index contributed by atoms with van der Waals surface area (Å²) in [7, 11) is 0. The number of amides is 1. The Morgan fingerprint density at radius 2 is 1.81 bits per heavy atom. The smallest absolute Gasteiger partial charge is 0.396 e. The second-order valence-corrected chi connectivity index (χ2v) is 6.43. The summed E-state index contributed by atoms with van der Waals surface area (Å²) in [5.74, 6) is -0.849. The van der Waals surface area contributed by atoms with Crippen LogP contribution in [-0.2, 0) is 6.18 Å². The summed E-state index contributed by atoms with van der Waals surface area (Å²) in [6.07, 6.45) is -4.50. The Morgan fingerprint density at radius 1 is 1.15 bits per heavy atom. The average Bonchev–Trinajstić information content (AvgIpc) is 2.60. The van der Waals surface area contributed by atoms with Gasteiger partial charge in [0.2, 0.25) is 0 Å². The Labute approximate surface area is 171 Å². The van der Waals surface area contributed by atoms with E-state index in [0.717, 1.165) is 12.1 Å². The summed E-state index contributed by atoms with van der Waals surface area (Å²) in [5.41, 5.74) is 8.81. The average molecular weight is 459 g/mol. The van der Waals surface area contributed by atoms with E-state index in [4.69, 9.17) is 52.8 Å². The van der Waals surface area contributed by atoms with Crippen molar-refractivity contribution in [3.05, 3.63) is 50.7 Å². The van der Waals surface area contributed by atoms with Gasteiger partial charge in [-0.3, -0.25) is 15.6 Å². The largest absolute Gasteiger partial charge is 0.416 e. The second kappa shape index (κ2) is 8.34. The SMILES string of the molecule is Nc1c(Cl)c(Cl)nc(C(=O)NNC(=S)Nc2cccc(C(F)(F)F)c2)c1Cl. The fourth-order valence-corrected chi connectivity index (χ4v) is 2.55. The number of alkyl halides is 3. The molecule has 0 unspecified atom stereocenters. The Bertz CT molecular complexity index is 910. The molecular formula is C14H9Cl3F3N5OS. The standard InChI is InChI=1S/C14H9Cl3F3N5OS/c15-7-9(21)8(16)11(17)23-10(7)12(26)24-25-13(27)22-6-3-1-2-5(4-6)14(18,19)20/h1-4H,(H2,21,23)(H,24,26)(H2,22,25,27). The number of hydrazine groups is 1. The molecule has 2 aromatic rings. The molecule has 1 aromatic heterocycles.